The molecule has 0 fully saturated rings. The van der Waals surface area contributed by atoms with Crippen molar-refractivity contribution in [2.24, 2.45) is 0 Å². The molecule has 2 N–H and O–H groups in total. The van der Waals surface area contributed by atoms with E-state index in [1.807, 2.05) is 24.3 Å². The summed E-state index contributed by atoms with van der Waals surface area (Å²) in [5, 5.41) is 14.0. The van der Waals surface area contributed by atoms with Crippen LogP contribution in [0.3, 0.4) is 0 Å². The Morgan fingerprint density at radius 2 is 1.69 bits per heavy atom. The second-order valence-corrected chi connectivity index (χ2v) is 5.99. The van der Waals surface area contributed by atoms with Crippen LogP contribution in [-0.2, 0) is 6.54 Å². The molecule has 0 radical (unpaired) electrons. The molecule has 0 aliphatic rings. The zero-order chi connectivity index (χ0) is 20.6. The molecule has 0 aliphatic heterocycles. The lowest BCUT2D eigenvalue weighted by molar-refractivity contribution is 0.102. The Kier molecular flexibility index (Phi) is 6.47. The summed E-state index contributed by atoms with van der Waals surface area (Å²) < 4.78 is 15.8. The lowest BCUT2D eigenvalue weighted by Gasteiger charge is -2.12. The quantitative estimate of drug-likeness (QED) is 0.605. The van der Waals surface area contributed by atoms with Gasteiger partial charge >= 0.3 is 0 Å². The second-order valence-electron chi connectivity index (χ2n) is 5.99. The third-order valence-electron chi connectivity index (χ3n) is 4.20. The highest BCUT2D eigenvalue weighted by molar-refractivity contribution is 6.03. The lowest BCUT2D eigenvalue weighted by atomic mass is 10.2. The minimum absolute atomic E-state index is 0.178. The maximum atomic E-state index is 12.5. The second kappa shape index (κ2) is 9.41. The van der Waals surface area contributed by atoms with Crippen molar-refractivity contribution in [2.75, 3.05) is 32.0 Å². The minimum atomic E-state index is -0.402. The molecular weight excluding hydrogens is 372 g/mol. The smallest absolute Gasteiger partial charge is 0.276 e. The summed E-state index contributed by atoms with van der Waals surface area (Å²) in [6.45, 7) is 0.519. The van der Waals surface area contributed by atoms with Gasteiger partial charge < -0.3 is 24.8 Å². The molecule has 3 rings (SSSR count). The van der Waals surface area contributed by atoms with E-state index in [0.29, 0.717) is 29.5 Å². The normalized spacial score (nSPS) is 10.2. The van der Waals surface area contributed by atoms with Crippen LogP contribution >= 0.6 is 0 Å². The zero-order valence-corrected chi connectivity index (χ0v) is 16.4. The molecule has 2 aromatic carbocycles. The topological polar surface area (TPSA) is 94.6 Å². The SMILES string of the molecule is COc1ccc(OC)c(NC(=O)c2ccc(NCc3ccccc3OC)nn2)c1. The highest BCUT2D eigenvalue weighted by Gasteiger charge is 2.13. The van der Waals surface area contributed by atoms with E-state index in [0.717, 1.165) is 11.3 Å². The summed E-state index contributed by atoms with van der Waals surface area (Å²) >= 11 is 0. The number of hydrogen-bond acceptors (Lipinski definition) is 7. The summed E-state index contributed by atoms with van der Waals surface area (Å²) in [5.41, 5.74) is 1.65. The van der Waals surface area contributed by atoms with Crippen LogP contribution in [0.15, 0.2) is 54.6 Å². The number of para-hydroxylation sites is 1. The number of aromatic nitrogens is 2. The van der Waals surface area contributed by atoms with Gasteiger partial charge in [0.1, 0.15) is 23.1 Å². The summed E-state index contributed by atoms with van der Waals surface area (Å²) in [4.78, 5) is 12.5. The van der Waals surface area contributed by atoms with Crippen LogP contribution in [0.25, 0.3) is 0 Å². The van der Waals surface area contributed by atoms with E-state index in [4.69, 9.17) is 14.2 Å². The summed E-state index contributed by atoms with van der Waals surface area (Å²) in [6.07, 6.45) is 0. The Hall–Kier alpha value is -3.81. The predicted octanol–water partition coefficient (Wildman–Crippen LogP) is 3.37. The Labute approximate surface area is 168 Å². The van der Waals surface area contributed by atoms with Gasteiger partial charge in [0, 0.05) is 18.2 Å². The number of nitrogens with zero attached hydrogens (tertiary/aromatic N) is 2. The van der Waals surface area contributed by atoms with E-state index >= 15 is 0 Å². The van der Waals surface area contributed by atoms with Gasteiger partial charge in [0.15, 0.2) is 5.69 Å². The van der Waals surface area contributed by atoms with E-state index in [1.165, 1.54) is 7.11 Å². The summed E-state index contributed by atoms with van der Waals surface area (Å²) in [7, 11) is 4.71. The molecule has 0 saturated carbocycles. The molecule has 0 spiro atoms. The molecule has 0 saturated heterocycles. The van der Waals surface area contributed by atoms with Gasteiger partial charge in [-0.15, -0.1) is 10.2 Å². The number of rotatable bonds is 8. The highest BCUT2D eigenvalue weighted by atomic mass is 16.5. The molecule has 1 amide bonds. The highest BCUT2D eigenvalue weighted by Crippen LogP contribution is 2.29. The lowest BCUT2D eigenvalue weighted by Crippen LogP contribution is -2.15. The van der Waals surface area contributed by atoms with Crippen LogP contribution in [-0.4, -0.2) is 37.4 Å². The number of ether oxygens (including phenoxy) is 3. The molecule has 1 aromatic heterocycles. The first-order valence-electron chi connectivity index (χ1n) is 8.87. The van der Waals surface area contributed by atoms with Gasteiger partial charge in [-0.25, -0.2) is 0 Å². The Bertz CT molecular complexity index is 977. The van der Waals surface area contributed by atoms with Crippen LogP contribution in [0, 0.1) is 0 Å². The molecule has 0 aliphatic carbocycles. The molecule has 0 bridgehead atoms. The molecule has 1 heterocycles. The minimum Gasteiger partial charge on any atom is -0.497 e. The molecule has 0 atom stereocenters. The van der Waals surface area contributed by atoms with Gasteiger partial charge in [0.05, 0.1) is 27.0 Å². The van der Waals surface area contributed by atoms with E-state index in [-0.39, 0.29) is 5.69 Å². The fourth-order valence-electron chi connectivity index (χ4n) is 2.68. The average molecular weight is 394 g/mol. The van der Waals surface area contributed by atoms with Crippen molar-refractivity contribution in [3.63, 3.8) is 0 Å². The number of benzene rings is 2. The Morgan fingerprint density at radius 1 is 0.897 bits per heavy atom. The first kappa shape index (κ1) is 19.9. The van der Waals surface area contributed by atoms with Gasteiger partial charge in [-0.05, 0) is 30.3 Å². The zero-order valence-electron chi connectivity index (χ0n) is 16.4. The summed E-state index contributed by atoms with van der Waals surface area (Å²) in [5.74, 6) is 2.05. The largest absolute Gasteiger partial charge is 0.497 e. The monoisotopic (exact) mass is 394 g/mol. The van der Waals surface area contributed by atoms with Crippen LogP contribution in [0.5, 0.6) is 17.2 Å². The van der Waals surface area contributed by atoms with Crippen molar-refractivity contribution in [1.82, 2.24) is 10.2 Å². The van der Waals surface area contributed by atoms with Crippen LogP contribution in [0.1, 0.15) is 16.1 Å². The number of carbonyl (C=O) groups is 1. The average Bonchev–Trinajstić information content (AvgIpc) is 2.78. The standard InChI is InChI=1S/C21H22N4O4/c1-27-15-8-10-19(29-3)17(12-15)23-21(26)16-9-11-20(25-24-16)22-13-14-6-4-5-7-18(14)28-2/h4-12H,13H2,1-3H3,(H,22,25)(H,23,26). The number of methoxy groups -OCH3 is 3. The van der Waals surface area contributed by atoms with E-state index in [1.54, 1.807) is 44.6 Å². The van der Waals surface area contributed by atoms with Gasteiger partial charge in [-0.3, -0.25) is 4.79 Å². The van der Waals surface area contributed by atoms with Crippen molar-refractivity contribution in [1.29, 1.82) is 0 Å². The predicted molar refractivity (Wildman–Crippen MR) is 110 cm³/mol. The third kappa shape index (κ3) is 4.92. The van der Waals surface area contributed by atoms with Gasteiger partial charge in [-0.1, -0.05) is 18.2 Å². The molecule has 8 nitrogen and oxygen atoms in total. The molecule has 0 unspecified atom stereocenters. The molecule has 29 heavy (non-hydrogen) atoms. The van der Waals surface area contributed by atoms with E-state index < -0.39 is 5.91 Å². The first-order chi connectivity index (χ1) is 14.1. The maximum Gasteiger partial charge on any atom is 0.276 e. The number of carbonyl (C=O) groups excluding carboxylic acids is 1. The van der Waals surface area contributed by atoms with Crippen molar-refractivity contribution < 1.29 is 19.0 Å². The molecule has 3 aromatic rings. The fourth-order valence-corrected chi connectivity index (χ4v) is 2.68. The van der Waals surface area contributed by atoms with Crippen LogP contribution < -0.4 is 24.8 Å². The Morgan fingerprint density at radius 3 is 2.38 bits per heavy atom. The van der Waals surface area contributed by atoms with Gasteiger partial charge in [0.25, 0.3) is 5.91 Å². The fraction of sp³-hybridized carbons (Fsp3) is 0.190. The van der Waals surface area contributed by atoms with Crippen molar-refractivity contribution in [3.05, 3.63) is 65.9 Å². The molecule has 150 valence electrons. The van der Waals surface area contributed by atoms with Gasteiger partial charge in [-0.2, -0.15) is 0 Å². The van der Waals surface area contributed by atoms with E-state index in [2.05, 4.69) is 20.8 Å². The van der Waals surface area contributed by atoms with Crippen molar-refractivity contribution >= 4 is 17.4 Å². The maximum absolute atomic E-state index is 12.5. The van der Waals surface area contributed by atoms with Gasteiger partial charge in [0.2, 0.25) is 0 Å². The van der Waals surface area contributed by atoms with Crippen molar-refractivity contribution in [3.8, 4) is 17.2 Å². The van der Waals surface area contributed by atoms with Crippen LogP contribution in [0.4, 0.5) is 11.5 Å². The van der Waals surface area contributed by atoms with Crippen LogP contribution in [0.2, 0.25) is 0 Å². The first-order valence-corrected chi connectivity index (χ1v) is 8.87. The molecular formula is C21H22N4O4. The number of anilines is 2. The van der Waals surface area contributed by atoms with E-state index in [9.17, 15) is 4.79 Å². The number of amides is 1. The third-order valence-corrected chi connectivity index (χ3v) is 4.20. The summed E-state index contributed by atoms with van der Waals surface area (Å²) in [6, 6.07) is 16.1. The van der Waals surface area contributed by atoms with Crippen molar-refractivity contribution in [2.45, 2.75) is 6.54 Å². The Balaban J connectivity index is 1.66. The number of nitrogens with one attached hydrogen (secondary N) is 2. The number of hydrogen-bond donors (Lipinski definition) is 2. The molecule has 8 heteroatoms.